The van der Waals surface area contributed by atoms with Crippen LogP contribution in [0.15, 0.2) is 84.4 Å². The van der Waals surface area contributed by atoms with Crippen molar-refractivity contribution in [3.8, 4) is 17.2 Å². The number of benzene rings is 4. The van der Waals surface area contributed by atoms with Gasteiger partial charge in [-0.25, -0.2) is 9.69 Å². The zero-order valence-corrected chi connectivity index (χ0v) is 25.8. The van der Waals surface area contributed by atoms with E-state index in [-0.39, 0.29) is 34.4 Å². The van der Waals surface area contributed by atoms with E-state index in [2.05, 4.69) is 5.32 Å². The largest absolute Gasteiger partial charge is 0.493 e. The van der Waals surface area contributed by atoms with E-state index in [0.29, 0.717) is 33.5 Å². The molecule has 4 amide bonds. The summed E-state index contributed by atoms with van der Waals surface area (Å²) < 4.78 is 17.2. The van der Waals surface area contributed by atoms with Crippen LogP contribution in [0.2, 0.25) is 15.1 Å². The van der Waals surface area contributed by atoms with Crippen molar-refractivity contribution in [1.29, 1.82) is 0 Å². The maximum Gasteiger partial charge on any atom is 0.335 e. The molecule has 44 heavy (non-hydrogen) atoms. The first-order chi connectivity index (χ1) is 21.1. The van der Waals surface area contributed by atoms with E-state index in [1.165, 1.54) is 19.3 Å². The van der Waals surface area contributed by atoms with Crippen molar-refractivity contribution in [3.05, 3.63) is 122 Å². The Morgan fingerprint density at radius 2 is 1.55 bits per heavy atom. The molecule has 1 heterocycles. The number of urea groups is 1. The number of barbiturate groups is 1. The zero-order chi connectivity index (χ0) is 31.4. The quantitative estimate of drug-likeness (QED) is 0.147. The van der Waals surface area contributed by atoms with Gasteiger partial charge in [0.2, 0.25) is 0 Å². The summed E-state index contributed by atoms with van der Waals surface area (Å²) in [5.74, 6) is -0.606. The van der Waals surface area contributed by atoms with E-state index in [9.17, 15) is 14.4 Å². The predicted octanol–water partition coefficient (Wildman–Crippen LogP) is 7.79. The fourth-order valence-electron chi connectivity index (χ4n) is 4.35. The Hall–Kier alpha value is -4.50. The van der Waals surface area contributed by atoms with Crippen molar-refractivity contribution in [3.63, 3.8) is 0 Å². The molecule has 0 radical (unpaired) electrons. The fourth-order valence-corrected chi connectivity index (χ4v) is 5.09. The van der Waals surface area contributed by atoms with Crippen LogP contribution in [0, 0.1) is 6.92 Å². The summed E-state index contributed by atoms with van der Waals surface area (Å²) in [6.07, 6.45) is 1.32. The summed E-state index contributed by atoms with van der Waals surface area (Å²) in [7, 11) is 1.43. The van der Waals surface area contributed by atoms with Gasteiger partial charge in [-0.1, -0.05) is 70.7 Å². The lowest BCUT2D eigenvalue weighted by atomic mass is 10.1. The monoisotopic (exact) mass is 650 g/mol. The Kier molecular flexibility index (Phi) is 9.44. The number of hydrogen-bond donors (Lipinski definition) is 1. The van der Waals surface area contributed by atoms with E-state index in [4.69, 9.17) is 49.0 Å². The Morgan fingerprint density at radius 3 is 2.23 bits per heavy atom. The highest BCUT2D eigenvalue weighted by molar-refractivity contribution is 6.39. The van der Waals surface area contributed by atoms with Gasteiger partial charge < -0.3 is 14.2 Å². The van der Waals surface area contributed by atoms with Gasteiger partial charge in [-0.2, -0.15) is 0 Å². The number of imide groups is 2. The smallest absolute Gasteiger partial charge is 0.335 e. The number of rotatable bonds is 9. The summed E-state index contributed by atoms with van der Waals surface area (Å²) in [4.78, 5) is 39.7. The molecule has 4 aromatic carbocycles. The molecule has 224 valence electrons. The molecule has 1 fully saturated rings. The van der Waals surface area contributed by atoms with Crippen LogP contribution in [-0.2, 0) is 22.8 Å². The summed E-state index contributed by atoms with van der Waals surface area (Å²) in [6, 6.07) is 21.6. The molecule has 0 saturated carbocycles. The second-order valence-corrected chi connectivity index (χ2v) is 11.0. The van der Waals surface area contributed by atoms with Crippen LogP contribution in [0.4, 0.5) is 10.5 Å². The second-order valence-electron chi connectivity index (χ2n) is 9.78. The first kappa shape index (κ1) is 30.9. The Bertz CT molecular complexity index is 1770. The molecule has 8 nitrogen and oxygen atoms in total. The highest BCUT2D eigenvalue weighted by atomic mass is 35.5. The van der Waals surface area contributed by atoms with Crippen LogP contribution in [-0.4, -0.2) is 25.0 Å². The van der Waals surface area contributed by atoms with Crippen molar-refractivity contribution in [1.82, 2.24) is 5.32 Å². The second kappa shape index (κ2) is 13.4. The number of methoxy groups -OCH3 is 1. The van der Waals surface area contributed by atoms with Gasteiger partial charge in [0.1, 0.15) is 24.5 Å². The van der Waals surface area contributed by atoms with Gasteiger partial charge in [0.15, 0.2) is 11.5 Å². The maximum absolute atomic E-state index is 13.4. The van der Waals surface area contributed by atoms with Crippen LogP contribution in [0.3, 0.4) is 0 Å². The van der Waals surface area contributed by atoms with E-state index in [1.54, 1.807) is 48.5 Å². The molecular formula is C33H25Cl3N2O6. The molecule has 1 aliphatic heterocycles. The SMILES string of the molecule is COc1cc(/C=C2\C(=O)NC(=O)N(c3ccc(OCc4ccc(C)cc4)cc3)C2=O)cc(Cl)c1OCc1ccc(Cl)cc1Cl. The van der Waals surface area contributed by atoms with Gasteiger partial charge in [-0.15, -0.1) is 0 Å². The van der Waals surface area contributed by atoms with E-state index in [1.807, 2.05) is 31.2 Å². The minimum Gasteiger partial charge on any atom is -0.493 e. The third-order valence-electron chi connectivity index (χ3n) is 6.67. The third-order valence-corrected chi connectivity index (χ3v) is 7.54. The third kappa shape index (κ3) is 7.00. The Labute approximate surface area is 268 Å². The number of ether oxygens (including phenoxy) is 3. The molecule has 1 aliphatic rings. The molecule has 0 bridgehead atoms. The number of hydrogen-bond acceptors (Lipinski definition) is 6. The summed E-state index contributed by atoms with van der Waals surface area (Å²) in [5, 5.41) is 3.30. The molecule has 5 rings (SSSR count). The Morgan fingerprint density at radius 1 is 0.818 bits per heavy atom. The van der Waals surface area contributed by atoms with Crippen LogP contribution in [0.5, 0.6) is 17.2 Å². The van der Waals surface area contributed by atoms with Gasteiger partial charge in [0.05, 0.1) is 17.8 Å². The number of halogens is 3. The van der Waals surface area contributed by atoms with Crippen molar-refractivity contribution in [2.75, 3.05) is 12.0 Å². The van der Waals surface area contributed by atoms with Crippen molar-refractivity contribution < 1.29 is 28.6 Å². The topological polar surface area (TPSA) is 94.2 Å². The first-order valence-corrected chi connectivity index (χ1v) is 14.4. The number of nitrogens with one attached hydrogen (secondary N) is 1. The lowest BCUT2D eigenvalue weighted by Gasteiger charge is -2.26. The summed E-state index contributed by atoms with van der Waals surface area (Å²) in [5.41, 5.74) is 3.19. The fraction of sp³-hybridized carbons (Fsp3) is 0.121. The van der Waals surface area contributed by atoms with Gasteiger partial charge >= 0.3 is 6.03 Å². The molecule has 0 unspecified atom stereocenters. The average molecular weight is 652 g/mol. The lowest BCUT2D eigenvalue weighted by Crippen LogP contribution is -2.54. The van der Waals surface area contributed by atoms with Gasteiger partial charge in [-0.05, 0) is 72.7 Å². The highest BCUT2D eigenvalue weighted by Crippen LogP contribution is 2.38. The number of amides is 4. The minimum atomic E-state index is -0.870. The average Bonchev–Trinajstić information content (AvgIpc) is 2.99. The maximum atomic E-state index is 13.4. The van der Waals surface area contributed by atoms with Crippen molar-refractivity contribution >= 4 is 64.4 Å². The highest BCUT2D eigenvalue weighted by Gasteiger charge is 2.37. The minimum absolute atomic E-state index is 0.0836. The van der Waals surface area contributed by atoms with Crippen molar-refractivity contribution in [2.24, 2.45) is 0 Å². The van der Waals surface area contributed by atoms with Crippen LogP contribution in [0.25, 0.3) is 6.08 Å². The molecule has 11 heteroatoms. The summed E-state index contributed by atoms with van der Waals surface area (Å²) in [6.45, 7) is 2.45. The van der Waals surface area contributed by atoms with Gasteiger partial charge in [0, 0.05) is 15.6 Å². The number of nitrogens with zero attached hydrogens (tertiary/aromatic N) is 1. The van der Waals surface area contributed by atoms with Crippen LogP contribution >= 0.6 is 34.8 Å². The number of anilines is 1. The number of carbonyl (C=O) groups is 3. The van der Waals surface area contributed by atoms with Crippen LogP contribution in [0.1, 0.15) is 22.3 Å². The van der Waals surface area contributed by atoms with Crippen LogP contribution < -0.4 is 24.4 Å². The standard InChI is InChI=1S/C33H25Cl3N2O6/c1-19-3-5-20(6-4-19)17-43-25-11-9-24(10-12-25)38-32(40)26(31(39)37-33(38)41)13-21-14-28(36)30(29(15-21)42-2)44-18-22-7-8-23(34)16-27(22)35/h3-16H,17-18H2,1-2H3,(H,37,39,41)/b26-13+. The van der Waals surface area contributed by atoms with E-state index < -0.39 is 17.8 Å². The Balaban J connectivity index is 1.34. The molecule has 1 N–H and O–H groups in total. The molecule has 0 aromatic heterocycles. The van der Waals surface area contributed by atoms with E-state index >= 15 is 0 Å². The van der Waals surface area contributed by atoms with Crippen molar-refractivity contribution in [2.45, 2.75) is 20.1 Å². The normalized spacial score (nSPS) is 14.1. The molecule has 0 aliphatic carbocycles. The molecular weight excluding hydrogens is 627 g/mol. The molecule has 0 atom stereocenters. The molecule has 0 spiro atoms. The number of aryl methyl sites for hydroxylation is 1. The van der Waals surface area contributed by atoms with E-state index in [0.717, 1.165) is 16.0 Å². The lowest BCUT2D eigenvalue weighted by molar-refractivity contribution is -0.122. The first-order valence-electron chi connectivity index (χ1n) is 13.3. The predicted molar refractivity (Wildman–Crippen MR) is 170 cm³/mol. The number of carbonyl (C=O) groups excluding carboxylic acids is 3. The van der Waals surface area contributed by atoms with Gasteiger partial charge in [-0.3, -0.25) is 14.9 Å². The van der Waals surface area contributed by atoms with Gasteiger partial charge in [0.25, 0.3) is 11.8 Å². The summed E-state index contributed by atoms with van der Waals surface area (Å²) >= 11 is 18.7. The zero-order valence-electron chi connectivity index (χ0n) is 23.5. The molecule has 4 aromatic rings. The molecule has 1 saturated heterocycles.